The van der Waals surface area contributed by atoms with E-state index in [0.29, 0.717) is 11.1 Å². The number of ether oxygens (including phenoxy) is 1. The second kappa shape index (κ2) is 5.19. The van der Waals surface area contributed by atoms with E-state index in [-0.39, 0.29) is 0 Å². The predicted octanol–water partition coefficient (Wildman–Crippen LogP) is 4.04. The third kappa shape index (κ3) is 3.27. The van der Waals surface area contributed by atoms with Gasteiger partial charge in [-0.25, -0.2) is 4.79 Å². The molecule has 0 radical (unpaired) electrons. The molecular weight excluding hydrogens is 309 g/mol. The average Bonchev–Trinajstić information content (AvgIpc) is 2.25. The Hall–Kier alpha value is -1.80. The molecule has 21 heavy (non-hydrogen) atoms. The molecule has 9 heteroatoms. The second-order valence-corrected chi connectivity index (χ2v) is 4.36. The predicted molar refractivity (Wildman–Crippen MR) is 57.5 cm³/mol. The van der Waals surface area contributed by atoms with Crippen molar-refractivity contribution in [3.05, 3.63) is 29.3 Å². The van der Waals surface area contributed by atoms with Gasteiger partial charge in [0.25, 0.3) is 0 Å². The van der Waals surface area contributed by atoms with E-state index in [1.54, 1.807) is 6.07 Å². The van der Waals surface area contributed by atoms with E-state index in [2.05, 4.69) is 4.74 Å². The van der Waals surface area contributed by atoms with Crippen molar-refractivity contribution in [2.45, 2.75) is 31.9 Å². The largest absolute Gasteiger partial charge is 0.460 e. The zero-order valence-corrected chi connectivity index (χ0v) is 10.7. The molecule has 0 aliphatic carbocycles. The maximum absolute atomic E-state index is 13.0. The first-order chi connectivity index (χ1) is 9.29. The highest BCUT2D eigenvalue weighted by Crippen LogP contribution is 2.47. The van der Waals surface area contributed by atoms with Crippen LogP contribution in [0.4, 0.5) is 30.7 Å². The Labute approximate surface area is 114 Å². The number of halogens is 7. The molecule has 0 saturated carbocycles. The zero-order chi connectivity index (χ0) is 16.6. The maximum Gasteiger partial charge on any atom is 0.460 e. The fraction of sp³-hybridized carbons (Fsp3) is 0.417. The van der Waals surface area contributed by atoms with Gasteiger partial charge in [0.1, 0.15) is 5.75 Å². The third-order valence-corrected chi connectivity index (χ3v) is 2.41. The molecule has 0 saturated heterocycles. The molecule has 118 valence electrons. The Morgan fingerprint density at radius 1 is 0.905 bits per heavy atom. The van der Waals surface area contributed by atoms with Gasteiger partial charge in [0, 0.05) is 0 Å². The van der Waals surface area contributed by atoms with Gasteiger partial charge >= 0.3 is 24.0 Å². The molecule has 0 N–H and O–H groups in total. The van der Waals surface area contributed by atoms with Crippen molar-refractivity contribution in [2.75, 3.05) is 0 Å². The topological polar surface area (TPSA) is 26.3 Å². The quantitative estimate of drug-likeness (QED) is 0.478. The molecular formula is C12H9F7O2. The van der Waals surface area contributed by atoms with Gasteiger partial charge in [0.05, 0.1) is 0 Å². The molecule has 1 aromatic carbocycles. The summed E-state index contributed by atoms with van der Waals surface area (Å²) in [6.07, 6.45) is -6.59. The minimum atomic E-state index is -6.59. The summed E-state index contributed by atoms with van der Waals surface area (Å²) < 4.78 is 91.1. The number of alkyl halides is 7. The summed E-state index contributed by atoms with van der Waals surface area (Å²) in [4.78, 5) is 11.0. The molecule has 0 spiro atoms. The molecule has 1 aromatic rings. The van der Waals surface area contributed by atoms with Gasteiger partial charge in [-0.05, 0) is 37.1 Å². The summed E-state index contributed by atoms with van der Waals surface area (Å²) in [6, 6.07) is 3.65. The lowest BCUT2D eigenvalue weighted by molar-refractivity contribution is -0.346. The summed E-state index contributed by atoms with van der Waals surface area (Å²) >= 11 is 0. The number of hydrogen-bond donors (Lipinski definition) is 0. The Balaban J connectivity index is 3.07. The molecule has 0 aromatic heterocycles. The van der Waals surface area contributed by atoms with Crippen molar-refractivity contribution >= 4 is 5.97 Å². The average molecular weight is 318 g/mol. The van der Waals surface area contributed by atoms with Crippen molar-refractivity contribution in [3.63, 3.8) is 0 Å². The molecule has 0 unspecified atom stereocenters. The van der Waals surface area contributed by atoms with E-state index in [4.69, 9.17) is 0 Å². The third-order valence-electron chi connectivity index (χ3n) is 2.41. The first-order valence-corrected chi connectivity index (χ1v) is 5.42. The lowest BCUT2D eigenvalue weighted by atomic mass is 10.1. The van der Waals surface area contributed by atoms with E-state index in [1.165, 1.54) is 13.8 Å². The molecule has 0 aliphatic heterocycles. The van der Waals surface area contributed by atoms with E-state index in [1.807, 2.05) is 0 Å². The summed E-state index contributed by atoms with van der Waals surface area (Å²) in [5, 5.41) is 0. The number of hydrogen-bond acceptors (Lipinski definition) is 2. The van der Waals surface area contributed by atoms with E-state index >= 15 is 0 Å². The van der Waals surface area contributed by atoms with Gasteiger partial charge in [-0.15, -0.1) is 0 Å². The number of benzene rings is 1. The Morgan fingerprint density at radius 2 is 1.33 bits per heavy atom. The first kappa shape index (κ1) is 17.3. The van der Waals surface area contributed by atoms with Crippen molar-refractivity contribution in [1.29, 1.82) is 0 Å². The summed E-state index contributed by atoms with van der Waals surface area (Å²) in [7, 11) is 0. The van der Waals surface area contributed by atoms with Crippen LogP contribution in [0.15, 0.2) is 18.2 Å². The van der Waals surface area contributed by atoms with Crippen LogP contribution < -0.4 is 4.74 Å². The van der Waals surface area contributed by atoms with E-state index in [9.17, 15) is 35.5 Å². The fourth-order valence-electron chi connectivity index (χ4n) is 1.47. The van der Waals surface area contributed by atoms with Crippen LogP contribution >= 0.6 is 0 Å². The Kier molecular flexibility index (Phi) is 4.27. The van der Waals surface area contributed by atoms with Gasteiger partial charge in [-0.1, -0.05) is 6.07 Å². The normalized spacial score (nSPS) is 13.2. The molecule has 0 fully saturated rings. The highest BCUT2D eigenvalue weighted by atomic mass is 19.4. The van der Waals surface area contributed by atoms with Crippen molar-refractivity contribution in [2.24, 2.45) is 0 Å². The molecule has 0 atom stereocenters. The maximum atomic E-state index is 13.0. The van der Waals surface area contributed by atoms with E-state index in [0.717, 1.165) is 12.1 Å². The van der Waals surface area contributed by atoms with Crippen LogP contribution in [0.1, 0.15) is 11.1 Å². The monoisotopic (exact) mass is 318 g/mol. The van der Waals surface area contributed by atoms with Crippen molar-refractivity contribution < 1.29 is 40.3 Å². The van der Waals surface area contributed by atoms with Crippen LogP contribution in [0.5, 0.6) is 5.75 Å². The second-order valence-electron chi connectivity index (χ2n) is 4.36. The van der Waals surface area contributed by atoms with Gasteiger partial charge in [0.2, 0.25) is 0 Å². The lowest BCUT2D eigenvalue weighted by Crippen LogP contribution is -2.57. The fourth-order valence-corrected chi connectivity index (χ4v) is 1.47. The van der Waals surface area contributed by atoms with Crippen LogP contribution in [0.3, 0.4) is 0 Å². The SMILES string of the molecule is Cc1cc(C)cc(OC(=O)C(F)(F)C(F)(F)C(F)(F)F)c1. The van der Waals surface area contributed by atoms with Crippen molar-refractivity contribution in [1.82, 2.24) is 0 Å². The number of carbonyl (C=O) groups is 1. The standard InChI is InChI=1S/C12H9F7O2/c1-6-3-7(2)5-8(4-6)21-9(20)10(13,14)11(15,16)12(17,18)19/h3-5H,1-2H3. The van der Waals surface area contributed by atoms with E-state index < -0.39 is 29.7 Å². The first-order valence-electron chi connectivity index (χ1n) is 5.42. The van der Waals surface area contributed by atoms with Gasteiger partial charge in [0.15, 0.2) is 0 Å². The van der Waals surface area contributed by atoms with Gasteiger partial charge in [-0.2, -0.15) is 30.7 Å². The van der Waals surface area contributed by atoms with Gasteiger partial charge < -0.3 is 4.74 Å². The molecule has 0 amide bonds. The molecule has 0 aliphatic rings. The summed E-state index contributed by atoms with van der Waals surface area (Å²) in [6.45, 7) is 2.99. The van der Waals surface area contributed by atoms with Crippen LogP contribution in [0.25, 0.3) is 0 Å². The van der Waals surface area contributed by atoms with Crippen LogP contribution in [-0.4, -0.2) is 24.0 Å². The number of rotatable bonds is 3. The summed E-state index contributed by atoms with van der Waals surface area (Å²) in [5.41, 5.74) is 0.896. The highest BCUT2D eigenvalue weighted by molar-refractivity contribution is 5.81. The highest BCUT2D eigenvalue weighted by Gasteiger charge is 2.77. The van der Waals surface area contributed by atoms with Crippen LogP contribution in [0, 0.1) is 13.8 Å². The number of esters is 1. The minimum absolute atomic E-state index is 0.448. The number of carbonyl (C=O) groups excluding carboxylic acids is 1. The molecule has 0 bridgehead atoms. The Morgan fingerprint density at radius 3 is 1.71 bits per heavy atom. The Bertz CT molecular complexity index is 529. The number of aryl methyl sites for hydroxylation is 2. The zero-order valence-electron chi connectivity index (χ0n) is 10.7. The minimum Gasteiger partial charge on any atom is -0.422 e. The van der Waals surface area contributed by atoms with Crippen LogP contribution in [-0.2, 0) is 4.79 Å². The van der Waals surface area contributed by atoms with Gasteiger partial charge in [-0.3, -0.25) is 0 Å². The smallest absolute Gasteiger partial charge is 0.422 e. The lowest BCUT2D eigenvalue weighted by Gasteiger charge is -2.26. The molecule has 1 rings (SSSR count). The molecule has 0 heterocycles. The van der Waals surface area contributed by atoms with Crippen LogP contribution in [0.2, 0.25) is 0 Å². The molecule has 2 nitrogen and oxygen atoms in total. The summed E-state index contributed by atoms with van der Waals surface area (Å²) in [5.74, 6) is -16.1. The van der Waals surface area contributed by atoms with Crippen molar-refractivity contribution in [3.8, 4) is 5.75 Å².